The van der Waals surface area contributed by atoms with E-state index in [9.17, 15) is 27.6 Å². The van der Waals surface area contributed by atoms with Crippen LogP contribution in [0.4, 0.5) is 23.2 Å². The molecule has 0 aliphatic heterocycles. The Morgan fingerprint density at radius 3 is 2.22 bits per heavy atom. The van der Waals surface area contributed by atoms with Gasteiger partial charge in [-0.05, 0) is 79.2 Å². The lowest BCUT2D eigenvalue weighted by molar-refractivity contribution is -0.138. The molecule has 41 heavy (non-hydrogen) atoms. The van der Waals surface area contributed by atoms with Gasteiger partial charge >= 0.3 is 6.18 Å². The SMILES string of the molecule is CCOc1ccc(NC(=O)CSc2nc(-c3ccc(OCc4ccc(F)cc4)cc3)cc(C(F)(F)F)c2C#N)cc1. The number of pyridine rings is 1. The molecule has 6 nitrogen and oxygen atoms in total. The predicted molar refractivity (Wildman–Crippen MR) is 147 cm³/mol. The van der Waals surface area contributed by atoms with Crippen LogP contribution >= 0.6 is 11.8 Å². The van der Waals surface area contributed by atoms with Crippen molar-refractivity contribution in [3.8, 4) is 28.8 Å². The van der Waals surface area contributed by atoms with E-state index < -0.39 is 23.2 Å². The predicted octanol–water partition coefficient (Wildman–Crippen LogP) is 7.49. The molecule has 0 fully saturated rings. The third-order valence-electron chi connectivity index (χ3n) is 5.66. The first kappa shape index (κ1) is 29.4. The van der Waals surface area contributed by atoms with Gasteiger partial charge in [-0.25, -0.2) is 9.37 Å². The first-order valence-corrected chi connectivity index (χ1v) is 13.3. The zero-order valence-electron chi connectivity index (χ0n) is 21.7. The number of anilines is 1. The molecule has 4 aromatic rings. The van der Waals surface area contributed by atoms with Crippen LogP contribution in [0.15, 0.2) is 83.9 Å². The molecule has 0 aliphatic rings. The second-order valence-corrected chi connectivity index (χ2v) is 9.54. The maximum Gasteiger partial charge on any atom is 0.417 e. The number of nitrogens with zero attached hydrogens (tertiary/aromatic N) is 2. The summed E-state index contributed by atoms with van der Waals surface area (Å²) in [5.74, 6) is -0.0373. The highest BCUT2D eigenvalue weighted by Crippen LogP contribution is 2.38. The Hall–Kier alpha value is -4.56. The third-order valence-corrected chi connectivity index (χ3v) is 6.64. The van der Waals surface area contributed by atoms with E-state index in [1.807, 2.05) is 6.92 Å². The molecule has 0 unspecified atom stereocenters. The maximum atomic E-state index is 13.9. The van der Waals surface area contributed by atoms with Crippen molar-refractivity contribution in [3.63, 3.8) is 0 Å². The van der Waals surface area contributed by atoms with E-state index >= 15 is 0 Å². The third kappa shape index (κ3) is 7.99. The molecule has 0 atom stereocenters. The molecular weight excluding hydrogens is 558 g/mol. The molecular formula is C30H23F4N3O3S. The van der Waals surface area contributed by atoms with E-state index in [-0.39, 0.29) is 28.9 Å². The number of halogens is 4. The summed E-state index contributed by atoms with van der Waals surface area (Å²) in [6.45, 7) is 2.51. The standard InChI is InChI=1S/C30H23F4N3O3S/c1-2-39-23-13-9-22(10-14-23)36-28(38)18-41-29-25(16-35)26(30(32,33)34)15-27(37-29)20-5-11-24(12-6-20)40-17-19-3-7-21(31)8-4-19/h3-15H,2,17-18H2,1H3,(H,36,38). The van der Waals surface area contributed by atoms with E-state index in [1.54, 1.807) is 66.7 Å². The number of aromatic nitrogens is 1. The lowest BCUT2D eigenvalue weighted by Crippen LogP contribution is -2.15. The number of nitriles is 1. The number of benzene rings is 3. The van der Waals surface area contributed by atoms with Gasteiger partial charge in [0.15, 0.2) is 0 Å². The summed E-state index contributed by atoms with van der Waals surface area (Å²) in [7, 11) is 0. The molecule has 210 valence electrons. The lowest BCUT2D eigenvalue weighted by atomic mass is 10.1. The highest BCUT2D eigenvalue weighted by Gasteiger charge is 2.36. The van der Waals surface area contributed by atoms with Gasteiger partial charge in [0.2, 0.25) is 5.91 Å². The molecule has 1 heterocycles. The van der Waals surface area contributed by atoms with Crippen molar-refractivity contribution in [2.75, 3.05) is 17.7 Å². The van der Waals surface area contributed by atoms with Gasteiger partial charge in [-0.1, -0.05) is 23.9 Å². The summed E-state index contributed by atoms with van der Waals surface area (Å²) in [6, 6.07) is 21.1. The number of amides is 1. The minimum absolute atomic E-state index is 0.0177. The van der Waals surface area contributed by atoms with Gasteiger partial charge in [-0.2, -0.15) is 18.4 Å². The largest absolute Gasteiger partial charge is 0.494 e. The summed E-state index contributed by atoms with van der Waals surface area (Å²) in [6.07, 6.45) is -4.82. The van der Waals surface area contributed by atoms with Crippen LogP contribution in [-0.4, -0.2) is 23.3 Å². The molecule has 0 aliphatic carbocycles. The number of alkyl halides is 3. The first-order valence-electron chi connectivity index (χ1n) is 12.3. The van der Waals surface area contributed by atoms with Crippen molar-refractivity contribution >= 4 is 23.4 Å². The van der Waals surface area contributed by atoms with Crippen LogP contribution in [0, 0.1) is 17.1 Å². The fourth-order valence-corrected chi connectivity index (χ4v) is 4.51. The molecule has 0 bridgehead atoms. The Bertz CT molecular complexity index is 1540. The van der Waals surface area contributed by atoms with E-state index in [0.29, 0.717) is 29.4 Å². The molecule has 0 spiro atoms. The molecule has 0 saturated carbocycles. The van der Waals surface area contributed by atoms with Gasteiger partial charge in [-0.3, -0.25) is 4.79 Å². The number of thioether (sulfide) groups is 1. The van der Waals surface area contributed by atoms with Crippen LogP contribution in [0.25, 0.3) is 11.3 Å². The van der Waals surface area contributed by atoms with E-state index in [0.717, 1.165) is 23.4 Å². The van der Waals surface area contributed by atoms with Crippen LogP contribution in [0.1, 0.15) is 23.6 Å². The van der Waals surface area contributed by atoms with Crippen LogP contribution < -0.4 is 14.8 Å². The Kier molecular flexibility index (Phi) is 9.47. The van der Waals surface area contributed by atoms with Crippen LogP contribution in [0.2, 0.25) is 0 Å². The van der Waals surface area contributed by atoms with Crippen LogP contribution in [-0.2, 0) is 17.6 Å². The quantitative estimate of drug-likeness (QED) is 0.154. The summed E-state index contributed by atoms with van der Waals surface area (Å²) in [5, 5.41) is 12.0. The Labute approximate surface area is 237 Å². The van der Waals surface area contributed by atoms with E-state index in [1.165, 1.54) is 12.1 Å². The second-order valence-electron chi connectivity index (χ2n) is 8.58. The number of nitrogens with one attached hydrogen (secondary N) is 1. The molecule has 3 aromatic carbocycles. The van der Waals surface area contributed by atoms with Crippen molar-refractivity contribution in [2.24, 2.45) is 0 Å². The first-order chi connectivity index (χ1) is 19.7. The Morgan fingerprint density at radius 1 is 0.976 bits per heavy atom. The lowest BCUT2D eigenvalue weighted by Gasteiger charge is -2.15. The van der Waals surface area contributed by atoms with Crippen LogP contribution in [0.3, 0.4) is 0 Å². The topological polar surface area (TPSA) is 84.2 Å². The number of rotatable bonds is 10. The van der Waals surface area contributed by atoms with Crippen molar-refractivity contribution in [1.82, 2.24) is 4.98 Å². The highest BCUT2D eigenvalue weighted by molar-refractivity contribution is 8.00. The molecule has 1 amide bonds. The Balaban J connectivity index is 1.51. The zero-order valence-corrected chi connectivity index (χ0v) is 22.5. The van der Waals surface area contributed by atoms with Crippen molar-refractivity contribution in [3.05, 3.63) is 101 Å². The van der Waals surface area contributed by atoms with Gasteiger partial charge in [0.25, 0.3) is 0 Å². The normalized spacial score (nSPS) is 11.0. The molecule has 11 heteroatoms. The molecule has 0 saturated heterocycles. The van der Waals surface area contributed by atoms with E-state index in [4.69, 9.17) is 9.47 Å². The van der Waals surface area contributed by atoms with Crippen LogP contribution in [0.5, 0.6) is 11.5 Å². The summed E-state index contributed by atoms with van der Waals surface area (Å²) >= 11 is 0.738. The smallest absolute Gasteiger partial charge is 0.417 e. The highest BCUT2D eigenvalue weighted by atomic mass is 32.2. The summed E-state index contributed by atoms with van der Waals surface area (Å²) < 4.78 is 65.9. The van der Waals surface area contributed by atoms with Crippen molar-refractivity contribution in [1.29, 1.82) is 5.26 Å². The monoisotopic (exact) mass is 581 g/mol. The number of hydrogen-bond acceptors (Lipinski definition) is 6. The maximum absolute atomic E-state index is 13.9. The fraction of sp³-hybridized carbons (Fsp3) is 0.167. The minimum Gasteiger partial charge on any atom is -0.494 e. The minimum atomic E-state index is -4.82. The van der Waals surface area contributed by atoms with Crippen molar-refractivity contribution in [2.45, 2.75) is 24.7 Å². The molecule has 1 N–H and O–H groups in total. The van der Waals surface area contributed by atoms with Gasteiger partial charge in [0, 0.05) is 11.3 Å². The summed E-state index contributed by atoms with van der Waals surface area (Å²) in [5.41, 5.74) is -0.229. The van der Waals surface area contributed by atoms with Gasteiger partial charge in [0.05, 0.1) is 29.2 Å². The number of carbonyl (C=O) groups excluding carboxylic acids is 1. The average Bonchev–Trinajstić information content (AvgIpc) is 2.96. The number of ether oxygens (including phenoxy) is 2. The molecule has 0 radical (unpaired) electrons. The summed E-state index contributed by atoms with van der Waals surface area (Å²) in [4.78, 5) is 16.8. The van der Waals surface area contributed by atoms with Gasteiger partial charge in [-0.15, -0.1) is 0 Å². The number of hydrogen-bond donors (Lipinski definition) is 1. The zero-order chi connectivity index (χ0) is 29.4. The molecule has 1 aromatic heterocycles. The van der Waals surface area contributed by atoms with E-state index in [2.05, 4.69) is 10.3 Å². The van der Waals surface area contributed by atoms with Gasteiger partial charge < -0.3 is 14.8 Å². The molecule has 4 rings (SSSR count). The van der Waals surface area contributed by atoms with Gasteiger partial charge in [0.1, 0.15) is 35.0 Å². The second kappa shape index (κ2) is 13.2. The Morgan fingerprint density at radius 2 is 1.61 bits per heavy atom. The number of carbonyl (C=O) groups is 1. The van der Waals surface area contributed by atoms with Crippen molar-refractivity contribution < 1.29 is 31.8 Å². The average molecular weight is 582 g/mol. The fourth-order valence-electron chi connectivity index (χ4n) is 3.71.